The summed E-state index contributed by atoms with van der Waals surface area (Å²) in [5, 5.41) is 4.01. The van der Waals surface area contributed by atoms with Gasteiger partial charge in [-0.15, -0.1) is 0 Å². The Hall–Kier alpha value is -1.06. The minimum absolute atomic E-state index is 0.105. The Bertz CT molecular complexity index is 522. The molecule has 0 spiro atoms. The maximum absolute atomic E-state index is 12.9. The highest BCUT2D eigenvalue weighted by molar-refractivity contribution is 6.33. The van der Waals surface area contributed by atoms with E-state index in [9.17, 15) is 4.79 Å². The SMILES string of the molecule is Cc1ccc(C(=O)N(CC2CCCNC2)C2CC2)c(Cl)c1. The van der Waals surface area contributed by atoms with Gasteiger partial charge in [0.1, 0.15) is 0 Å². The van der Waals surface area contributed by atoms with Gasteiger partial charge >= 0.3 is 0 Å². The number of carbonyl (C=O) groups excluding carboxylic acids is 1. The number of amides is 1. The Balaban J connectivity index is 1.75. The Morgan fingerprint density at radius 3 is 2.81 bits per heavy atom. The molecule has 1 aromatic rings. The predicted molar refractivity (Wildman–Crippen MR) is 85.8 cm³/mol. The van der Waals surface area contributed by atoms with Crippen LogP contribution in [-0.4, -0.2) is 36.5 Å². The van der Waals surface area contributed by atoms with Crippen LogP contribution in [0.2, 0.25) is 5.02 Å². The maximum atomic E-state index is 12.9. The maximum Gasteiger partial charge on any atom is 0.255 e. The van der Waals surface area contributed by atoms with Gasteiger partial charge in [0.05, 0.1) is 10.6 Å². The summed E-state index contributed by atoms with van der Waals surface area (Å²) < 4.78 is 0. The molecule has 4 heteroatoms. The van der Waals surface area contributed by atoms with Crippen LogP contribution in [0.4, 0.5) is 0 Å². The van der Waals surface area contributed by atoms with Crippen LogP contribution < -0.4 is 5.32 Å². The summed E-state index contributed by atoms with van der Waals surface area (Å²) in [6.45, 7) is 4.99. The van der Waals surface area contributed by atoms with Crippen molar-refractivity contribution < 1.29 is 4.79 Å². The van der Waals surface area contributed by atoms with Crippen LogP contribution >= 0.6 is 11.6 Å². The zero-order valence-corrected chi connectivity index (χ0v) is 13.3. The number of rotatable bonds is 4. The lowest BCUT2D eigenvalue weighted by atomic mass is 9.98. The van der Waals surface area contributed by atoms with Gasteiger partial charge in [0, 0.05) is 12.6 Å². The molecule has 1 aromatic carbocycles. The molecule has 1 aliphatic carbocycles. The van der Waals surface area contributed by atoms with Crippen molar-refractivity contribution in [2.24, 2.45) is 5.92 Å². The zero-order chi connectivity index (χ0) is 14.8. The largest absolute Gasteiger partial charge is 0.335 e. The van der Waals surface area contributed by atoms with Crippen molar-refractivity contribution in [3.05, 3.63) is 34.3 Å². The second-order valence-electron chi connectivity index (χ2n) is 6.38. The zero-order valence-electron chi connectivity index (χ0n) is 12.6. The highest BCUT2D eigenvalue weighted by Crippen LogP contribution is 2.31. The topological polar surface area (TPSA) is 32.3 Å². The van der Waals surface area contributed by atoms with E-state index in [1.165, 1.54) is 12.8 Å². The minimum Gasteiger partial charge on any atom is -0.335 e. The monoisotopic (exact) mass is 306 g/mol. The molecule has 1 unspecified atom stereocenters. The molecule has 1 atom stereocenters. The van der Waals surface area contributed by atoms with Crippen molar-refractivity contribution in [1.29, 1.82) is 0 Å². The Morgan fingerprint density at radius 2 is 2.19 bits per heavy atom. The van der Waals surface area contributed by atoms with Crippen LogP contribution in [-0.2, 0) is 0 Å². The van der Waals surface area contributed by atoms with Crippen molar-refractivity contribution in [3.8, 4) is 0 Å². The first-order valence-corrected chi connectivity index (χ1v) is 8.31. The van der Waals surface area contributed by atoms with E-state index in [2.05, 4.69) is 10.2 Å². The van der Waals surface area contributed by atoms with Crippen LogP contribution in [0.25, 0.3) is 0 Å². The van der Waals surface area contributed by atoms with Crippen molar-refractivity contribution in [3.63, 3.8) is 0 Å². The molecule has 3 nitrogen and oxygen atoms in total. The average molecular weight is 307 g/mol. The van der Waals surface area contributed by atoms with E-state index in [0.29, 0.717) is 22.5 Å². The Kier molecular flexibility index (Phi) is 4.51. The summed E-state index contributed by atoms with van der Waals surface area (Å²) >= 11 is 6.28. The van der Waals surface area contributed by atoms with Gasteiger partial charge < -0.3 is 10.2 Å². The van der Waals surface area contributed by atoms with E-state index in [-0.39, 0.29) is 5.91 Å². The number of halogens is 1. The third kappa shape index (κ3) is 3.58. The number of nitrogens with zero attached hydrogens (tertiary/aromatic N) is 1. The van der Waals surface area contributed by atoms with Gasteiger partial charge in [0.2, 0.25) is 0 Å². The number of hydrogen-bond acceptors (Lipinski definition) is 2. The summed E-state index contributed by atoms with van der Waals surface area (Å²) in [5.74, 6) is 0.681. The fourth-order valence-electron chi connectivity index (χ4n) is 3.09. The van der Waals surface area contributed by atoms with Crippen molar-refractivity contribution in [2.75, 3.05) is 19.6 Å². The van der Waals surface area contributed by atoms with Crippen LogP contribution in [0, 0.1) is 12.8 Å². The van der Waals surface area contributed by atoms with Gasteiger partial charge in [-0.05, 0) is 69.3 Å². The van der Waals surface area contributed by atoms with Gasteiger partial charge in [0.25, 0.3) is 5.91 Å². The normalized spacial score (nSPS) is 22.1. The fraction of sp³-hybridized carbons (Fsp3) is 0.588. The van der Waals surface area contributed by atoms with E-state index in [0.717, 1.165) is 38.0 Å². The van der Waals surface area contributed by atoms with E-state index in [1.54, 1.807) is 0 Å². The van der Waals surface area contributed by atoms with Crippen LogP contribution in [0.5, 0.6) is 0 Å². The molecule has 2 fully saturated rings. The molecule has 2 aliphatic rings. The van der Waals surface area contributed by atoms with Crippen LogP contribution in [0.15, 0.2) is 18.2 Å². The molecule has 21 heavy (non-hydrogen) atoms. The molecule has 114 valence electrons. The summed E-state index contributed by atoms with van der Waals surface area (Å²) in [5.41, 5.74) is 1.74. The number of piperidine rings is 1. The third-order valence-electron chi connectivity index (χ3n) is 4.46. The van der Waals surface area contributed by atoms with Crippen LogP contribution in [0.3, 0.4) is 0 Å². The third-order valence-corrected chi connectivity index (χ3v) is 4.77. The first-order valence-electron chi connectivity index (χ1n) is 7.93. The summed E-state index contributed by atoms with van der Waals surface area (Å²) in [6.07, 6.45) is 4.69. The second kappa shape index (κ2) is 6.37. The number of aryl methyl sites for hydroxylation is 1. The van der Waals surface area contributed by atoms with E-state index >= 15 is 0 Å². The van der Waals surface area contributed by atoms with E-state index in [4.69, 9.17) is 11.6 Å². The first kappa shape index (κ1) is 14.9. The summed E-state index contributed by atoms with van der Waals surface area (Å²) in [6, 6.07) is 6.14. The average Bonchev–Trinajstić information content (AvgIpc) is 3.30. The van der Waals surface area contributed by atoms with Gasteiger partial charge in [0.15, 0.2) is 0 Å². The standard InChI is InChI=1S/C17H23ClN2O/c1-12-4-7-15(16(18)9-12)17(21)20(14-5-6-14)11-13-3-2-8-19-10-13/h4,7,9,13-14,19H,2-3,5-6,8,10-11H2,1H3. The molecule has 1 heterocycles. The molecule has 0 aromatic heterocycles. The van der Waals surface area contributed by atoms with Crippen molar-refractivity contribution in [2.45, 2.75) is 38.6 Å². The molecule has 1 aliphatic heterocycles. The first-order chi connectivity index (χ1) is 10.1. The molecular formula is C17H23ClN2O. The minimum atomic E-state index is 0.105. The highest BCUT2D eigenvalue weighted by Gasteiger charge is 2.35. The lowest BCUT2D eigenvalue weighted by molar-refractivity contribution is 0.0704. The van der Waals surface area contributed by atoms with Gasteiger partial charge in [-0.25, -0.2) is 0 Å². The highest BCUT2D eigenvalue weighted by atomic mass is 35.5. The summed E-state index contributed by atoms with van der Waals surface area (Å²) in [7, 11) is 0. The van der Waals surface area contributed by atoms with Crippen molar-refractivity contribution in [1.82, 2.24) is 10.2 Å². The predicted octanol–water partition coefficient (Wildman–Crippen LogP) is 3.25. The van der Waals surface area contributed by atoms with E-state index in [1.807, 2.05) is 25.1 Å². The Labute approximate surface area is 131 Å². The molecule has 1 saturated heterocycles. The van der Waals surface area contributed by atoms with Gasteiger partial charge in [-0.3, -0.25) is 4.79 Å². The number of carbonyl (C=O) groups is 1. The number of nitrogens with one attached hydrogen (secondary N) is 1. The quantitative estimate of drug-likeness (QED) is 0.926. The lowest BCUT2D eigenvalue weighted by Crippen LogP contribution is -2.42. The molecule has 0 radical (unpaired) electrons. The smallest absolute Gasteiger partial charge is 0.255 e. The molecule has 3 rings (SSSR count). The number of hydrogen-bond donors (Lipinski definition) is 1. The van der Waals surface area contributed by atoms with E-state index < -0.39 is 0 Å². The van der Waals surface area contributed by atoms with Crippen molar-refractivity contribution >= 4 is 17.5 Å². The van der Waals surface area contributed by atoms with Crippen LogP contribution in [0.1, 0.15) is 41.6 Å². The molecule has 0 bridgehead atoms. The lowest BCUT2D eigenvalue weighted by Gasteiger charge is -2.30. The summed E-state index contributed by atoms with van der Waals surface area (Å²) in [4.78, 5) is 14.9. The molecule has 1 amide bonds. The second-order valence-corrected chi connectivity index (χ2v) is 6.79. The Morgan fingerprint density at radius 1 is 1.38 bits per heavy atom. The number of benzene rings is 1. The fourth-order valence-corrected chi connectivity index (χ4v) is 3.41. The molecule has 1 N–H and O–H groups in total. The molecular weight excluding hydrogens is 284 g/mol. The molecule has 1 saturated carbocycles. The van der Waals surface area contributed by atoms with Gasteiger partial charge in [-0.1, -0.05) is 17.7 Å². The van der Waals surface area contributed by atoms with Gasteiger partial charge in [-0.2, -0.15) is 0 Å².